The Hall–Kier alpha value is -2.38. The van der Waals surface area contributed by atoms with E-state index in [1.54, 1.807) is 0 Å². The Labute approximate surface area is 98.7 Å². The van der Waals surface area contributed by atoms with Crippen LogP contribution in [0.1, 0.15) is 5.56 Å². The van der Waals surface area contributed by atoms with Gasteiger partial charge in [0.1, 0.15) is 11.4 Å². The van der Waals surface area contributed by atoms with E-state index in [1.165, 1.54) is 6.07 Å². The van der Waals surface area contributed by atoms with Gasteiger partial charge >= 0.3 is 6.18 Å². The number of aromatic nitrogens is 2. The molecule has 0 atom stereocenters. The molecule has 0 aliphatic heterocycles. The summed E-state index contributed by atoms with van der Waals surface area (Å²) >= 11 is 0. The molecule has 0 radical (unpaired) electrons. The zero-order valence-corrected chi connectivity index (χ0v) is 8.78. The molecule has 2 aromatic rings. The highest BCUT2D eigenvalue weighted by Crippen LogP contribution is 2.44. The minimum Gasteiger partial charge on any atom is -0.504 e. The van der Waals surface area contributed by atoms with Crippen molar-refractivity contribution in [2.24, 2.45) is 0 Å². The molecular formula is C10H8F3N3O2. The van der Waals surface area contributed by atoms with Crippen molar-refractivity contribution < 1.29 is 23.4 Å². The number of phenolic OH excluding ortho intramolecular Hbond substituents is 2. The van der Waals surface area contributed by atoms with Crippen molar-refractivity contribution in [3.8, 4) is 22.8 Å². The number of halogens is 3. The molecule has 1 aromatic carbocycles. The van der Waals surface area contributed by atoms with E-state index in [1.807, 2.05) is 0 Å². The van der Waals surface area contributed by atoms with E-state index in [0.29, 0.717) is 6.07 Å². The van der Waals surface area contributed by atoms with Crippen molar-refractivity contribution in [2.75, 3.05) is 5.73 Å². The predicted molar refractivity (Wildman–Crippen MR) is 56.8 cm³/mol. The lowest BCUT2D eigenvalue weighted by Crippen LogP contribution is -2.05. The van der Waals surface area contributed by atoms with E-state index in [-0.39, 0.29) is 17.1 Å². The molecule has 0 saturated carbocycles. The van der Waals surface area contributed by atoms with Crippen LogP contribution in [0.3, 0.4) is 0 Å². The summed E-state index contributed by atoms with van der Waals surface area (Å²) in [5.74, 6) is -1.99. The largest absolute Gasteiger partial charge is 0.504 e. The number of rotatable bonds is 1. The molecule has 0 aliphatic carbocycles. The molecule has 0 unspecified atom stereocenters. The standard InChI is InChI=1S/C10H8F3N3O2/c11-10(12,13)5-2-1-4(8(17)9(5)18)6-3-7(14)16-15-6/h1-3,17-18H,(H3,14,15,16). The highest BCUT2D eigenvalue weighted by atomic mass is 19.4. The first kappa shape index (κ1) is 12.1. The number of phenols is 2. The van der Waals surface area contributed by atoms with Gasteiger partial charge in [0.25, 0.3) is 0 Å². The summed E-state index contributed by atoms with van der Waals surface area (Å²) in [7, 11) is 0. The van der Waals surface area contributed by atoms with Gasteiger partial charge in [0, 0.05) is 11.6 Å². The third kappa shape index (κ3) is 1.92. The number of alkyl halides is 3. The van der Waals surface area contributed by atoms with Crippen LogP contribution in [-0.2, 0) is 6.18 Å². The Bertz CT molecular complexity index is 593. The summed E-state index contributed by atoms with van der Waals surface area (Å²) in [6, 6.07) is 3.01. The van der Waals surface area contributed by atoms with E-state index in [9.17, 15) is 23.4 Å². The molecule has 0 spiro atoms. The summed E-state index contributed by atoms with van der Waals surface area (Å²) in [5.41, 5.74) is 4.21. The summed E-state index contributed by atoms with van der Waals surface area (Å²) in [6.07, 6.45) is -4.74. The van der Waals surface area contributed by atoms with Crippen LogP contribution in [0.25, 0.3) is 11.3 Å². The first-order valence-corrected chi connectivity index (χ1v) is 4.74. The quantitative estimate of drug-likeness (QED) is 0.590. The lowest BCUT2D eigenvalue weighted by molar-refractivity contribution is -0.138. The van der Waals surface area contributed by atoms with Gasteiger partial charge in [0.05, 0.1) is 5.69 Å². The lowest BCUT2D eigenvalue weighted by atomic mass is 10.1. The first-order chi connectivity index (χ1) is 8.30. The fourth-order valence-corrected chi connectivity index (χ4v) is 1.50. The van der Waals surface area contributed by atoms with Crippen LogP contribution >= 0.6 is 0 Å². The van der Waals surface area contributed by atoms with E-state index < -0.39 is 23.2 Å². The second-order valence-corrected chi connectivity index (χ2v) is 3.56. The molecule has 8 heteroatoms. The Morgan fingerprint density at radius 2 is 1.83 bits per heavy atom. The molecule has 5 N–H and O–H groups in total. The molecule has 1 heterocycles. The minimum absolute atomic E-state index is 0.0234. The van der Waals surface area contributed by atoms with Crippen LogP contribution in [0.5, 0.6) is 11.5 Å². The van der Waals surface area contributed by atoms with Crippen molar-refractivity contribution in [2.45, 2.75) is 6.18 Å². The Morgan fingerprint density at radius 1 is 1.17 bits per heavy atom. The number of anilines is 1. The summed E-state index contributed by atoms with van der Waals surface area (Å²) in [5, 5.41) is 24.9. The normalized spacial score (nSPS) is 11.7. The van der Waals surface area contributed by atoms with Crippen molar-refractivity contribution in [1.29, 1.82) is 0 Å². The fourth-order valence-electron chi connectivity index (χ4n) is 1.50. The fraction of sp³-hybridized carbons (Fsp3) is 0.100. The average molecular weight is 259 g/mol. The average Bonchev–Trinajstić information content (AvgIpc) is 2.67. The molecule has 0 aliphatic rings. The van der Waals surface area contributed by atoms with Crippen LogP contribution in [0, 0.1) is 0 Å². The van der Waals surface area contributed by atoms with Crippen LogP contribution < -0.4 is 5.73 Å². The number of hydrogen-bond donors (Lipinski definition) is 4. The first-order valence-electron chi connectivity index (χ1n) is 4.74. The van der Waals surface area contributed by atoms with Gasteiger partial charge in [-0.25, -0.2) is 0 Å². The van der Waals surface area contributed by atoms with Gasteiger partial charge in [-0.15, -0.1) is 0 Å². The molecule has 0 bridgehead atoms. The molecule has 0 saturated heterocycles. The molecule has 0 fully saturated rings. The Balaban J connectivity index is 2.57. The number of nitrogen functional groups attached to an aromatic ring is 1. The number of nitrogens with two attached hydrogens (primary N) is 1. The van der Waals surface area contributed by atoms with E-state index >= 15 is 0 Å². The third-order valence-corrected chi connectivity index (χ3v) is 2.34. The highest BCUT2D eigenvalue weighted by Gasteiger charge is 2.35. The van der Waals surface area contributed by atoms with Crippen molar-refractivity contribution >= 4 is 5.82 Å². The third-order valence-electron chi connectivity index (χ3n) is 2.34. The van der Waals surface area contributed by atoms with E-state index in [0.717, 1.165) is 6.07 Å². The molecule has 2 rings (SSSR count). The van der Waals surface area contributed by atoms with Gasteiger partial charge in [-0.3, -0.25) is 5.10 Å². The van der Waals surface area contributed by atoms with Gasteiger partial charge in [-0.05, 0) is 12.1 Å². The topological polar surface area (TPSA) is 95.2 Å². The van der Waals surface area contributed by atoms with Crippen LogP contribution in [0.2, 0.25) is 0 Å². The number of nitrogens with one attached hydrogen (secondary N) is 1. The van der Waals surface area contributed by atoms with Crippen LogP contribution in [0.15, 0.2) is 18.2 Å². The summed E-state index contributed by atoms with van der Waals surface area (Å²) in [4.78, 5) is 0. The predicted octanol–water partition coefficient (Wildman–Crippen LogP) is 2.09. The molecule has 18 heavy (non-hydrogen) atoms. The lowest BCUT2D eigenvalue weighted by Gasteiger charge is -2.11. The summed E-state index contributed by atoms with van der Waals surface area (Å²) < 4.78 is 37.4. The van der Waals surface area contributed by atoms with Gasteiger partial charge in [0.15, 0.2) is 11.5 Å². The van der Waals surface area contributed by atoms with Crippen molar-refractivity contribution in [3.05, 3.63) is 23.8 Å². The minimum atomic E-state index is -4.74. The number of hydrogen-bond acceptors (Lipinski definition) is 4. The van der Waals surface area contributed by atoms with Crippen LogP contribution in [0.4, 0.5) is 19.0 Å². The maximum absolute atomic E-state index is 12.5. The maximum atomic E-state index is 12.5. The van der Waals surface area contributed by atoms with Gasteiger partial charge in [0.2, 0.25) is 0 Å². The molecule has 96 valence electrons. The van der Waals surface area contributed by atoms with Crippen molar-refractivity contribution in [1.82, 2.24) is 10.2 Å². The maximum Gasteiger partial charge on any atom is 0.420 e. The Kier molecular flexibility index (Phi) is 2.57. The van der Waals surface area contributed by atoms with Crippen LogP contribution in [-0.4, -0.2) is 20.4 Å². The monoisotopic (exact) mass is 259 g/mol. The zero-order valence-electron chi connectivity index (χ0n) is 8.78. The molecule has 5 nitrogen and oxygen atoms in total. The SMILES string of the molecule is Nc1cc(-c2ccc(C(F)(F)F)c(O)c2O)[nH]n1. The number of benzene rings is 1. The smallest absolute Gasteiger partial charge is 0.420 e. The summed E-state index contributed by atoms with van der Waals surface area (Å²) in [6.45, 7) is 0. The number of H-pyrrole nitrogens is 1. The van der Waals surface area contributed by atoms with Gasteiger partial charge < -0.3 is 15.9 Å². The second-order valence-electron chi connectivity index (χ2n) is 3.56. The number of aromatic hydroxyl groups is 2. The highest BCUT2D eigenvalue weighted by molar-refractivity contribution is 5.73. The molecule has 0 amide bonds. The number of nitrogens with zero attached hydrogens (tertiary/aromatic N) is 1. The number of aromatic amines is 1. The Morgan fingerprint density at radius 3 is 2.33 bits per heavy atom. The zero-order chi connectivity index (χ0) is 13.5. The van der Waals surface area contributed by atoms with E-state index in [4.69, 9.17) is 5.73 Å². The second kappa shape index (κ2) is 3.83. The van der Waals surface area contributed by atoms with Gasteiger partial charge in [-0.1, -0.05) is 0 Å². The van der Waals surface area contributed by atoms with E-state index in [2.05, 4.69) is 10.2 Å². The molecular weight excluding hydrogens is 251 g/mol. The van der Waals surface area contributed by atoms with Gasteiger partial charge in [-0.2, -0.15) is 18.3 Å². The molecule has 1 aromatic heterocycles. The van der Waals surface area contributed by atoms with Crippen molar-refractivity contribution in [3.63, 3.8) is 0 Å².